The summed E-state index contributed by atoms with van der Waals surface area (Å²) in [6.07, 6.45) is 10.8. The van der Waals surface area contributed by atoms with E-state index in [-0.39, 0.29) is 17.3 Å². The first-order valence-corrected chi connectivity index (χ1v) is 14.4. The first-order valence-electron chi connectivity index (χ1n) is 12.8. The second-order valence-corrected chi connectivity index (χ2v) is 13.3. The van der Waals surface area contributed by atoms with Crippen molar-refractivity contribution in [3.05, 3.63) is 18.6 Å². The van der Waals surface area contributed by atoms with Gasteiger partial charge in [-0.2, -0.15) is 5.10 Å². The molecular weight excluding hydrogens is 506 g/mol. The molecular formula is C25H33N9OS2. The molecule has 6 rings (SSSR count). The lowest BCUT2D eigenvalue weighted by molar-refractivity contribution is -0.0394. The summed E-state index contributed by atoms with van der Waals surface area (Å²) in [5, 5.41) is 18.7. The first-order chi connectivity index (χ1) is 17.7. The van der Waals surface area contributed by atoms with Crippen molar-refractivity contribution in [3.8, 4) is 22.1 Å². The Morgan fingerprint density at radius 3 is 2.49 bits per heavy atom. The third-order valence-electron chi connectivity index (χ3n) is 7.08. The molecule has 6 heterocycles. The van der Waals surface area contributed by atoms with E-state index >= 15 is 0 Å². The molecule has 0 aliphatic carbocycles. The van der Waals surface area contributed by atoms with Crippen LogP contribution in [0.25, 0.3) is 31.8 Å². The number of thiazole rings is 2. The van der Waals surface area contributed by atoms with Gasteiger partial charge in [-0.3, -0.25) is 0 Å². The van der Waals surface area contributed by atoms with Gasteiger partial charge in [0.15, 0.2) is 19.8 Å². The van der Waals surface area contributed by atoms with Crippen molar-refractivity contribution in [3.63, 3.8) is 0 Å². The van der Waals surface area contributed by atoms with Crippen LogP contribution in [-0.2, 0) is 4.74 Å². The number of anilines is 1. The maximum absolute atomic E-state index is 5.82. The SMILES string of the molecule is CN(c1nc2sc(-c3ncc(-c4cnn(C5CCCCO5)c4)nn3)nc2s1)C1CC(C)(C)NC(C)(C)C1. The molecule has 4 aromatic rings. The van der Waals surface area contributed by atoms with Crippen molar-refractivity contribution >= 4 is 37.5 Å². The number of aromatic nitrogens is 7. The first kappa shape index (κ1) is 24.8. The molecule has 4 aromatic heterocycles. The van der Waals surface area contributed by atoms with Crippen LogP contribution in [0, 0.1) is 0 Å². The predicted octanol–water partition coefficient (Wildman–Crippen LogP) is 4.91. The van der Waals surface area contributed by atoms with Gasteiger partial charge in [0.2, 0.25) is 5.82 Å². The summed E-state index contributed by atoms with van der Waals surface area (Å²) in [5.41, 5.74) is 1.72. The number of piperidine rings is 1. The summed E-state index contributed by atoms with van der Waals surface area (Å²) in [7, 11) is 2.15. The van der Waals surface area contributed by atoms with Crippen LogP contribution in [0.3, 0.4) is 0 Å². The monoisotopic (exact) mass is 539 g/mol. The molecule has 0 saturated carbocycles. The van der Waals surface area contributed by atoms with Gasteiger partial charge in [0.25, 0.3) is 0 Å². The third kappa shape index (κ3) is 5.12. The Labute approximate surface area is 224 Å². The number of fused-ring (bicyclic) bond motifs is 1. The molecule has 12 heteroatoms. The van der Waals surface area contributed by atoms with Crippen LogP contribution in [0.1, 0.15) is 66.0 Å². The molecule has 2 saturated heterocycles. The van der Waals surface area contributed by atoms with Gasteiger partial charge in [-0.15, -0.1) is 10.2 Å². The molecule has 1 atom stereocenters. The zero-order chi connectivity index (χ0) is 25.8. The van der Waals surface area contributed by atoms with Crippen LogP contribution in [0.2, 0.25) is 0 Å². The highest BCUT2D eigenvalue weighted by molar-refractivity contribution is 7.29. The average Bonchev–Trinajstić information content (AvgIpc) is 3.58. The van der Waals surface area contributed by atoms with Crippen LogP contribution < -0.4 is 10.2 Å². The molecule has 2 aliphatic rings. The summed E-state index contributed by atoms with van der Waals surface area (Å²) in [6, 6.07) is 0.417. The largest absolute Gasteiger partial charge is 0.357 e. The molecule has 10 nitrogen and oxygen atoms in total. The minimum Gasteiger partial charge on any atom is -0.357 e. The zero-order valence-electron chi connectivity index (χ0n) is 21.9. The summed E-state index contributed by atoms with van der Waals surface area (Å²) >= 11 is 3.14. The average molecular weight is 540 g/mol. The van der Waals surface area contributed by atoms with Crippen molar-refractivity contribution in [1.29, 1.82) is 0 Å². The third-order valence-corrected chi connectivity index (χ3v) is 9.20. The topological polar surface area (TPSA) is 107 Å². The van der Waals surface area contributed by atoms with Crippen molar-refractivity contribution < 1.29 is 4.74 Å². The van der Waals surface area contributed by atoms with Crippen molar-refractivity contribution in [2.24, 2.45) is 0 Å². The maximum atomic E-state index is 5.82. The highest BCUT2D eigenvalue weighted by Crippen LogP contribution is 2.38. The Kier molecular flexibility index (Phi) is 6.25. The van der Waals surface area contributed by atoms with Gasteiger partial charge in [-0.05, 0) is 59.8 Å². The van der Waals surface area contributed by atoms with Crippen LogP contribution in [0.15, 0.2) is 18.6 Å². The van der Waals surface area contributed by atoms with Gasteiger partial charge in [0.1, 0.15) is 11.9 Å². The van der Waals surface area contributed by atoms with E-state index in [1.807, 2.05) is 10.9 Å². The van der Waals surface area contributed by atoms with Crippen LogP contribution in [0.5, 0.6) is 0 Å². The number of ether oxygens (including phenoxy) is 1. The van der Waals surface area contributed by atoms with E-state index in [0.717, 1.165) is 64.1 Å². The van der Waals surface area contributed by atoms with Crippen molar-refractivity contribution in [1.82, 2.24) is 40.2 Å². The Bertz CT molecular complexity index is 1340. The fourth-order valence-corrected chi connectivity index (χ4v) is 7.65. The Hall–Kier alpha value is -2.54. The number of nitrogens with one attached hydrogen (secondary N) is 1. The molecule has 0 spiro atoms. The lowest BCUT2D eigenvalue weighted by Gasteiger charge is -2.48. The van der Waals surface area contributed by atoms with Crippen LogP contribution in [0.4, 0.5) is 5.13 Å². The van der Waals surface area contributed by atoms with E-state index in [0.29, 0.717) is 17.6 Å². The zero-order valence-corrected chi connectivity index (χ0v) is 23.6. The summed E-state index contributed by atoms with van der Waals surface area (Å²) in [5.74, 6) is 0.513. The Balaban J connectivity index is 1.17. The molecule has 1 N–H and O–H groups in total. The molecule has 196 valence electrons. The van der Waals surface area contributed by atoms with E-state index in [1.165, 1.54) is 11.3 Å². The molecule has 0 radical (unpaired) electrons. The summed E-state index contributed by atoms with van der Waals surface area (Å²) < 4.78 is 7.68. The molecule has 0 aromatic carbocycles. The number of hydrogen-bond donors (Lipinski definition) is 1. The highest BCUT2D eigenvalue weighted by atomic mass is 32.1. The van der Waals surface area contributed by atoms with Crippen LogP contribution >= 0.6 is 22.7 Å². The highest BCUT2D eigenvalue weighted by Gasteiger charge is 2.39. The molecule has 1 unspecified atom stereocenters. The normalized spacial score (nSPS) is 21.9. The predicted molar refractivity (Wildman–Crippen MR) is 147 cm³/mol. The van der Waals surface area contributed by atoms with E-state index in [9.17, 15) is 0 Å². The van der Waals surface area contributed by atoms with E-state index in [1.54, 1.807) is 23.7 Å². The maximum Gasteiger partial charge on any atom is 0.210 e. The Morgan fingerprint density at radius 1 is 1.03 bits per heavy atom. The fourth-order valence-electron chi connectivity index (χ4n) is 5.64. The van der Waals surface area contributed by atoms with E-state index in [2.05, 4.69) is 65.2 Å². The minimum atomic E-state index is -0.00449. The lowest BCUT2D eigenvalue weighted by Crippen LogP contribution is -2.61. The second kappa shape index (κ2) is 9.33. The Morgan fingerprint density at radius 2 is 1.81 bits per heavy atom. The molecule has 37 heavy (non-hydrogen) atoms. The quantitative estimate of drug-likeness (QED) is 0.378. The standard InChI is InChI=1S/C25H33N9OS2/c1-24(2)10-16(11-25(3,4)32-24)33(5)23-29-22-21(37-23)28-20(36-22)19-26-13-17(30-31-19)15-12-27-34(14-15)18-8-6-7-9-35-18/h12-14,16,18,32H,6-11H2,1-5H3. The fraction of sp³-hybridized carbons (Fsp3) is 0.600. The smallest absolute Gasteiger partial charge is 0.210 e. The molecule has 2 fully saturated rings. The van der Waals surface area contributed by atoms with Crippen LogP contribution in [-0.4, -0.2) is 65.7 Å². The van der Waals surface area contributed by atoms with Gasteiger partial charge >= 0.3 is 0 Å². The summed E-state index contributed by atoms with van der Waals surface area (Å²) in [4.78, 5) is 18.4. The van der Waals surface area contributed by atoms with Gasteiger partial charge in [0, 0.05) is 42.5 Å². The van der Waals surface area contributed by atoms with Gasteiger partial charge in [-0.1, -0.05) is 22.7 Å². The molecule has 2 aliphatic heterocycles. The van der Waals surface area contributed by atoms with Gasteiger partial charge in [-0.25, -0.2) is 19.6 Å². The minimum absolute atomic E-state index is 0.00449. The van der Waals surface area contributed by atoms with E-state index in [4.69, 9.17) is 14.7 Å². The number of nitrogens with zero attached hydrogens (tertiary/aromatic N) is 8. The second-order valence-electron chi connectivity index (χ2n) is 11.4. The van der Waals surface area contributed by atoms with Gasteiger partial charge < -0.3 is 15.0 Å². The van der Waals surface area contributed by atoms with Gasteiger partial charge in [0.05, 0.1) is 12.4 Å². The van der Waals surface area contributed by atoms with Crippen molar-refractivity contribution in [2.45, 2.75) is 83.1 Å². The molecule has 0 amide bonds. The number of hydrogen-bond acceptors (Lipinski definition) is 11. The lowest BCUT2D eigenvalue weighted by atomic mass is 9.79. The van der Waals surface area contributed by atoms with E-state index < -0.39 is 0 Å². The van der Waals surface area contributed by atoms with Crippen molar-refractivity contribution in [2.75, 3.05) is 18.6 Å². The summed E-state index contributed by atoms with van der Waals surface area (Å²) in [6.45, 7) is 9.89. The number of rotatable bonds is 5. The molecule has 0 bridgehead atoms.